The van der Waals surface area contributed by atoms with Crippen molar-refractivity contribution in [2.24, 2.45) is 0 Å². The number of carbonyl (C=O) groups excluding carboxylic acids is 1. The van der Waals surface area contributed by atoms with Crippen molar-refractivity contribution in [1.29, 1.82) is 0 Å². The molecule has 2 fully saturated rings. The van der Waals surface area contributed by atoms with Crippen LogP contribution < -0.4 is 15.1 Å². The molecule has 2 aliphatic rings. The maximum Gasteiger partial charge on any atom is 0.317 e. The molecule has 2 aromatic carbocycles. The average molecular weight is 441 g/mol. The molecule has 2 aliphatic heterocycles. The van der Waals surface area contributed by atoms with Crippen molar-refractivity contribution in [2.75, 3.05) is 56.2 Å². The second kappa shape index (κ2) is 10.2. The first-order valence-electron chi connectivity index (χ1n) is 11.4. The van der Waals surface area contributed by atoms with Crippen LogP contribution in [0.5, 0.6) is 0 Å². The molecule has 1 N–H and O–H groups in total. The monoisotopic (exact) mass is 440 g/mol. The number of hydrogen-bond acceptors (Lipinski definition) is 4. The van der Waals surface area contributed by atoms with E-state index in [0.29, 0.717) is 18.8 Å². The van der Waals surface area contributed by atoms with Gasteiger partial charge in [-0.25, -0.2) is 9.18 Å². The Balaban J connectivity index is 1.30. The maximum atomic E-state index is 14.3. The van der Waals surface area contributed by atoms with E-state index in [2.05, 4.69) is 34.5 Å². The standard InChI is InChI=1S/C25H33FN4O2/c1-19-5-10-23(26)24(16-19)30-11-3-4-21(18-30)27-25(31)28(2)17-20-6-8-22(9-7-20)29-12-14-32-15-13-29/h5-10,16,21H,3-4,11-15,17-18H2,1-2H3,(H,27,31). The number of piperidine rings is 1. The Bertz CT molecular complexity index is 915. The van der Waals surface area contributed by atoms with Crippen LogP contribution in [0, 0.1) is 12.7 Å². The lowest BCUT2D eigenvalue weighted by atomic mass is 10.0. The molecule has 6 nitrogen and oxygen atoms in total. The minimum Gasteiger partial charge on any atom is -0.378 e. The Morgan fingerprint density at radius 2 is 1.88 bits per heavy atom. The van der Waals surface area contributed by atoms with Crippen LogP contribution in [0.25, 0.3) is 0 Å². The van der Waals surface area contributed by atoms with Gasteiger partial charge in [-0.15, -0.1) is 0 Å². The largest absolute Gasteiger partial charge is 0.378 e. The van der Waals surface area contributed by atoms with Gasteiger partial charge in [0.2, 0.25) is 0 Å². The first-order chi connectivity index (χ1) is 15.5. The zero-order valence-electron chi connectivity index (χ0n) is 19.0. The molecule has 7 heteroatoms. The predicted molar refractivity (Wildman–Crippen MR) is 126 cm³/mol. The Morgan fingerprint density at radius 3 is 2.62 bits per heavy atom. The molecular weight excluding hydrogens is 407 g/mol. The van der Waals surface area contributed by atoms with E-state index in [9.17, 15) is 9.18 Å². The Hall–Kier alpha value is -2.80. The molecule has 2 aromatic rings. The number of halogens is 1. The lowest BCUT2D eigenvalue weighted by molar-refractivity contribution is 0.122. The number of benzene rings is 2. The van der Waals surface area contributed by atoms with Crippen LogP contribution >= 0.6 is 0 Å². The quantitative estimate of drug-likeness (QED) is 0.769. The van der Waals surface area contributed by atoms with E-state index in [0.717, 1.165) is 56.8 Å². The fourth-order valence-corrected chi connectivity index (χ4v) is 4.44. The Kier molecular flexibility index (Phi) is 7.15. The highest BCUT2D eigenvalue weighted by Gasteiger charge is 2.24. The van der Waals surface area contributed by atoms with Gasteiger partial charge in [0.1, 0.15) is 5.82 Å². The fourth-order valence-electron chi connectivity index (χ4n) is 4.44. The molecule has 2 amide bonds. The molecule has 2 saturated heterocycles. The molecule has 0 bridgehead atoms. The Morgan fingerprint density at radius 1 is 1.12 bits per heavy atom. The molecule has 0 radical (unpaired) electrons. The number of carbonyl (C=O) groups is 1. The topological polar surface area (TPSA) is 48.1 Å². The van der Waals surface area contributed by atoms with Gasteiger partial charge in [-0.2, -0.15) is 0 Å². The zero-order chi connectivity index (χ0) is 22.5. The lowest BCUT2D eigenvalue weighted by Crippen LogP contribution is -2.51. The fraction of sp³-hybridized carbons (Fsp3) is 0.480. The van der Waals surface area contributed by atoms with Gasteiger partial charge in [0.25, 0.3) is 0 Å². The highest BCUT2D eigenvalue weighted by molar-refractivity contribution is 5.74. The number of urea groups is 1. The van der Waals surface area contributed by atoms with E-state index < -0.39 is 0 Å². The normalized spacial score (nSPS) is 19.0. The van der Waals surface area contributed by atoms with Gasteiger partial charge in [0, 0.05) is 51.5 Å². The number of ether oxygens (including phenoxy) is 1. The average Bonchev–Trinajstić information content (AvgIpc) is 2.82. The summed E-state index contributed by atoms with van der Waals surface area (Å²) in [4.78, 5) is 18.9. The summed E-state index contributed by atoms with van der Waals surface area (Å²) in [6, 6.07) is 13.5. The molecule has 1 unspecified atom stereocenters. The van der Waals surface area contributed by atoms with E-state index in [1.165, 1.54) is 11.8 Å². The molecule has 0 aromatic heterocycles. The van der Waals surface area contributed by atoms with E-state index in [1.54, 1.807) is 11.0 Å². The summed E-state index contributed by atoms with van der Waals surface area (Å²) in [6.07, 6.45) is 1.82. The smallest absolute Gasteiger partial charge is 0.317 e. The van der Waals surface area contributed by atoms with Crippen LogP contribution in [-0.2, 0) is 11.3 Å². The van der Waals surface area contributed by atoms with Crippen LogP contribution in [0.2, 0.25) is 0 Å². The number of anilines is 2. The van der Waals surface area contributed by atoms with Gasteiger partial charge >= 0.3 is 6.03 Å². The zero-order valence-corrected chi connectivity index (χ0v) is 19.0. The van der Waals surface area contributed by atoms with Crippen molar-refractivity contribution in [3.05, 3.63) is 59.4 Å². The number of amides is 2. The highest BCUT2D eigenvalue weighted by Crippen LogP contribution is 2.24. The van der Waals surface area contributed by atoms with Gasteiger partial charge in [0.15, 0.2) is 0 Å². The molecule has 32 heavy (non-hydrogen) atoms. The number of aryl methyl sites for hydroxylation is 1. The highest BCUT2D eigenvalue weighted by atomic mass is 19.1. The SMILES string of the molecule is Cc1ccc(F)c(N2CCCC(NC(=O)N(C)Cc3ccc(N4CCOCC4)cc3)C2)c1. The van der Waals surface area contributed by atoms with Crippen molar-refractivity contribution in [1.82, 2.24) is 10.2 Å². The number of nitrogens with zero attached hydrogens (tertiary/aromatic N) is 3. The van der Waals surface area contributed by atoms with Gasteiger partial charge in [-0.1, -0.05) is 18.2 Å². The van der Waals surface area contributed by atoms with Crippen LogP contribution in [0.1, 0.15) is 24.0 Å². The van der Waals surface area contributed by atoms with Gasteiger partial charge in [0.05, 0.1) is 18.9 Å². The van der Waals surface area contributed by atoms with E-state index in [4.69, 9.17) is 4.74 Å². The van der Waals surface area contributed by atoms with Crippen LogP contribution in [0.15, 0.2) is 42.5 Å². The maximum absolute atomic E-state index is 14.3. The third-order valence-corrected chi connectivity index (χ3v) is 6.27. The molecule has 1 atom stereocenters. The van der Waals surface area contributed by atoms with Gasteiger partial charge < -0.3 is 24.8 Å². The van der Waals surface area contributed by atoms with Crippen LogP contribution in [0.4, 0.5) is 20.6 Å². The summed E-state index contributed by atoms with van der Waals surface area (Å²) in [5, 5.41) is 3.14. The second-order valence-corrected chi connectivity index (χ2v) is 8.81. The minimum atomic E-state index is -0.208. The first-order valence-corrected chi connectivity index (χ1v) is 11.4. The number of morpholine rings is 1. The predicted octanol–water partition coefficient (Wildman–Crippen LogP) is 3.78. The molecule has 172 valence electrons. The van der Waals surface area contributed by atoms with Crippen molar-refractivity contribution in [3.63, 3.8) is 0 Å². The van der Waals surface area contributed by atoms with E-state index >= 15 is 0 Å². The molecule has 4 rings (SSSR count). The summed E-state index contributed by atoms with van der Waals surface area (Å²) in [5.74, 6) is -0.208. The molecular formula is C25H33FN4O2. The summed E-state index contributed by atoms with van der Waals surface area (Å²) >= 11 is 0. The number of rotatable bonds is 5. The Labute approximate surface area is 189 Å². The van der Waals surface area contributed by atoms with Crippen molar-refractivity contribution < 1.29 is 13.9 Å². The van der Waals surface area contributed by atoms with Crippen LogP contribution in [-0.4, -0.2) is 63.4 Å². The summed E-state index contributed by atoms with van der Waals surface area (Å²) < 4.78 is 19.7. The summed E-state index contributed by atoms with van der Waals surface area (Å²) in [7, 11) is 1.81. The summed E-state index contributed by atoms with van der Waals surface area (Å²) in [5.41, 5.74) is 3.94. The lowest BCUT2D eigenvalue weighted by Gasteiger charge is -2.35. The second-order valence-electron chi connectivity index (χ2n) is 8.81. The van der Waals surface area contributed by atoms with Gasteiger partial charge in [-0.05, 0) is 55.2 Å². The van der Waals surface area contributed by atoms with Crippen molar-refractivity contribution in [2.45, 2.75) is 32.4 Å². The molecule has 0 aliphatic carbocycles. The molecule has 2 heterocycles. The van der Waals surface area contributed by atoms with E-state index in [1.807, 2.05) is 24.9 Å². The third-order valence-electron chi connectivity index (χ3n) is 6.27. The third kappa shape index (κ3) is 5.51. The minimum absolute atomic E-state index is 0.00214. The molecule has 0 saturated carbocycles. The molecule has 0 spiro atoms. The number of hydrogen-bond donors (Lipinski definition) is 1. The van der Waals surface area contributed by atoms with Crippen molar-refractivity contribution >= 4 is 17.4 Å². The first kappa shape index (κ1) is 22.4. The number of nitrogens with one attached hydrogen (secondary N) is 1. The van der Waals surface area contributed by atoms with Crippen molar-refractivity contribution in [3.8, 4) is 0 Å². The van der Waals surface area contributed by atoms with Gasteiger partial charge in [-0.3, -0.25) is 0 Å². The summed E-state index contributed by atoms with van der Waals surface area (Å²) in [6.45, 7) is 7.28. The van der Waals surface area contributed by atoms with Crippen LogP contribution in [0.3, 0.4) is 0 Å². The van der Waals surface area contributed by atoms with E-state index in [-0.39, 0.29) is 17.9 Å².